The summed E-state index contributed by atoms with van der Waals surface area (Å²) in [6.45, 7) is 6.38. The summed E-state index contributed by atoms with van der Waals surface area (Å²) in [5.74, 6) is 0.401. The second-order valence-electron chi connectivity index (χ2n) is 4.59. The number of nitrogens with zero attached hydrogens (tertiary/aromatic N) is 1. The summed E-state index contributed by atoms with van der Waals surface area (Å²) in [4.78, 5) is 3.12. The lowest BCUT2D eigenvalue weighted by Gasteiger charge is -2.15. The summed E-state index contributed by atoms with van der Waals surface area (Å²) in [5.41, 5.74) is 3.42. The van der Waals surface area contributed by atoms with Gasteiger partial charge in [0.25, 0.3) is 0 Å². The van der Waals surface area contributed by atoms with Gasteiger partial charge in [0.2, 0.25) is 0 Å². The lowest BCUT2D eigenvalue weighted by Crippen LogP contribution is -2.04. The van der Waals surface area contributed by atoms with Gasteiger partial charge in [-0.1, -0.05) is 13.8 Å². The van der Waals surface area contributed by atoms with Gasteiger partial charge >= 0.3 is 0 Å². The van der Waals surface area contributed by atoms with Gasteiger partial charge in [-0.05, 0) is 74.6 Å². The Kier molecular flexibility index (Phi) is 4.14. The highest BCUT2D eigenvalue weighted by Crippen LogP contribution is 2.33. The molecule has 0 unspecified atom stereocenters. The van der Waals surface area contributed by atoms with Crippen LogP contribution in [0.5, 0.6) is 0 Å². The first-order valence-corrected chi connectivity index (χ1v) is 7.67. The molecule has 0 aliphatic rings. The van der Waals surface area contributed by atoms with Crippen LogP contribution in [0, 0.1) is 11.7 Å². The van der Waals surface area contributed by atoms with Gasteiger partial charge in [0.05, 0.1) is 5.69 Å². The van der Waals surface area contributed by atoms with E-state index in [1.165, 1.54) is 11.3 Å². The molecule has 1 N–H and O–H groups in total. The number of hydrogen-bond donors (Lipinski definition) is 1. The van der Waals surface area contributed by atoms with E-state index in [1.807, 2.05) is 6.20 Å². The first-order valence-electron chi connectivity index (χ1n) is 5.68. The van der Waals surface area contributed by atoms with Gasteiger partial charge in [0.15, 0.2) is 4.77 Å². The van der Waals surface area contributed by atoms with Crippen molar-refractivity contribution < 1.29 is 0 Å². The molecule has 18 heavy (non-hydrogen) atoms. The molecule has 0 saturated carbocycles. The Bertz CT molecular complexity index is 618. The van der Waals surface area contributed by atoms with E-state index >= 15 is 0 Å². The predicted molar refractivity (Wildman–Crippen MR) is 85.2 cm³/mol. The Morgan fingerprint density at radius 3 is 2.28 bits per heavy atom. The summed E-state index contributed by atoms with van der Waals surface area (Å²) in [5, 5.41) is 0. The molecule has 0 aliphatic carbocycles. The number of benzene rings is 1. The van der Waals surface area contributed by atoms with Gasteiger partial charge in [-0.25, -0.2) is 0 Å². The molecule has 0 saturated heterocycles. The van der Waals surface area contributed by atoms with Crippen LogP contribution in [0.15, 0.2) is 27.3 Å². The molecule has 96 valence electrons. The first kappa shape index (κ1) is 14.0. The van der Waals surface area contributed by atoms with Crippen molar-refractivity contribution in [3.8, 4) is 5.69 Å². The molecule has 1 aromatic heterocycles. The number of hydrogen-bond acceptors (Lipinski definition) is 1. The van der Waals surface area contributed by atoms with E-state index in [2.05, 4.69) is 74.3 Å². The second-order valence-corrected chi connectivity index (χ2v) is 6.68. The van der Waals surface area contributed by atoms with Crippen molar-refractivity contribution in [2.45, 2.75) is 26.7 Å². The van der Waals surface area contributed by atoms with Gasteiger partial charge in [-0.3, -0.25) is 4.57 Å². The Labute approximate surface area is 129 Å². The number of H-pyrrole nitrogens is 1. The van der Waals surface area contributed by atoms with Crippen LogP contribution in [-0.4, -0.2) is 9.55 Å². The monoisotopic (exact) mass is 388 g/mol. The Morgan fingerprint density at radius 2 is 1.78 bits per heavy atom. The minimum absolute atomic E-state index is 0.401. The van der Waals surface area contributed by atoms with Gasteiger partial charge in [-0.2, -0.15) is 0 Å². The van der Waals surface area contributed by atoms with Gasteiger partial charge in [-0.15, -0.1) is 0 Å². The van der Waals surface area contributed by atoms with Crippen LogP contribution < -0.4 is 0 Å². The third kappa shape index (κ3) is 2.49. The first-order chi connectivity index (χ1) is 8.41. The highest BCUT2D eigenvalue weighted by Gasteiger charge is 2.15. The van der Waals surface area contributed by atoms with Crippen molar-refractivity contribution in [1.29, 1.82) is 0 Å². The fourth-order valence-electron chi connectivity index (χ4n) is 1.94. The summed E-state index contributed by atoms with van der Waals surface area (Å²) in [6, 6.07) is 4.19. The largest absolute Gasteiger partial charge is 0.337 e. The summed E-state index contributed by atoms with van der Waals surface area (Å²) in [6.07, 6.45) is 1.98. The highest BCUT2D eigenvalue weighted by molar-refractivity contribution is 9.11. The number of rotatable bonds is 2. The highest BCUT2D eigenvalue weighted by atomic mass is 79.9. The van der Waals surface area contributed by atoms with Gasteiger partial charge in [0.1, 0.15) is 0 Å². The molecule has 2 nitrogen and oxygen atoms in total. The summed E-state index contributed by atoms with van der Waals surface area (Å²) in [7, 11) is 0. The Hall–Kier alpha value is -0.390. The van der Waals surface area contributed by atoms with E-state index in [9.17, 15) is 0 Å². The minimum Gasteiger partial charge on any atom is -0.337 e. The van der Waals surface area contributed by atoms with Gasteiger partial charge in [0, 0.05) is 20.8 Å². The predicted octanol–water partition coefficient (Wildman–Crippen LogP) is 5.49. The molecule has 0 spiro atoms. The third-order valence-electron chi connectivity index (χ3n) is 2.78. The summed E-state index contributed by atoms with van der Waals surface area (Å²) < 4.78 is 4.86. The molecule has 2 aromatic rings. The van der Waals surface area contributed by atoms with E-state index < -0.39 is 0 Å². The van der Waals surface area contributed by atoms with Crippen LogP contribution in [-0.2, 0) is 0 Å². The number of aromatic nitrogens is 2. The molecule has 0 aliphatic heterocycles. The number of imidazole rings is 1. The molecule has 2 rings (SSSR count). The Morgan fingerprint density at radius 1 is 1.22 bits per heavy atom. The molecule has 1 heterocycles. The zero-order chi connectivity index (χ0) is 13.4. The van der Waals surface area contributed by atoms with Crippen molar-refractivity contribution in [2.24, 2.45) is 0 Å². The smallest absolute Gasteiger partial charge is 0.182 e. The molecule has 0 atom stereocenters. The van der Waals surface area contributed by atoms with Crippen LogP contribution in [0.1, 0.15) is 31.0 Å². The van der Waals surface area contributed by atoms with Gasteiger partial charge < -0.3 is 4.98 Å². The third-order valence-corrected chi connectivity index (χ3v) is 4.29. The topological polar surface area (TPSA) is 20.7 Å². The molecule has 5 heteroatoms. The summed E-state index contributed by atoms with van der Waals surface area (Å²) >= 11 is 12.6. The molecular weight excluding hydrogens is 376 g/mol. The van der Waals surface area contributed by atoms with Crippen molar-refractivity contribution in [3.63, 3.8) is 0 Å². The average molecular weight is 390 g/mol. The maximum Gasteiger partial charge on any atom is 0.182 e. The van der Waals surface area contributed by atoms with Crippen LogP contribution >= 0.6 is 44.1 Å². The quantitative estimate of drug-likeness (QED) is 0.673. The normalized spacial score (nSPS) is 11.2. The van der Waals surface area contributed by atoms with Crippen molar-refractivity contribution in [2.75, 3.05) is 0 Å². The maximum atomic E-state index is 5.39. The number of aryl methyl sites for hydroxylation is 1. The van der Waals surface area contributed by atoms with Crippen molar-refractivity contribution in [1.82, 2.24) is 9.55 Å². The van der Waals surface area contributed by atoms with Crippen LogP contribution in [0.25, 0.3) is 5.69 Å². The van der Waals surface area contributed by atoms with E-state index in [0.717, 1.165) is 14.6 Å². The standard InChI is InChI=1S/C13H14Br2N2S/c1-7(2)11-6-16-13(18)17(11)12-9(14)4-8(3)5-10(12)15/h4-7H,1-3H3,(H,16,18). The fraction of sp³-hybridized carbons (Fsp3) is 0.308. The van der Waals surface area contributed by atoms with E-state index in [1.54, 1.807) is 0 Å². The average Bonchev–Trinajstić information content (AvgIpc) is 2.59. The van der Waals surface area contributed by atoms with E-state index in [4.69, 9.17) is 12.2 Å². The zero-order valence-electron chi connectivity index (χ0n) is 10.4. The van der Waals surface area contributed by atoms with Crippen molar-refractivity contribution >= 4 is 44.1 Å². The van der Waals surface area contributed by atoms with Crippen molar-refractivity contribution in [3.05, 3.63) is 43.3 Å². The number of nitrogens with one attached hydrogen (secondary N) is 1. The molecule has 1 aromatic carbocycles. The van der Waals surface area contributed by atoms with E-state index in [-0.39, 0.29) is 0 Å². The second kappa shape index (κ2) is 5.31. The van der Waals surface area contributed by atoms with Crippen LogP contribution in [0.4, 0.5) is 0 Å². The lowest BCUT2D eigenvalue weighted by atomic mass is 10.1. The number of aromatic amines is 1. The minimum atomic E-state index is 0.401. The molecular formula is C13H14Br2N2S. The molecule has 0 fully saturated rings. The van der Waals surface area contributed by atoms with Crippen LogP contribution in [0.3, 0.4) is 0 Å². The molecule has 0 amide bonds. The Balaban J connectivity index is 2.77. The lowest BCUT2D eigenvalue weighted by molar-refractivity contribution is 0.781. The fourth-order valence-corrected chi connectivity index (χ4v) is 3.97. The zero-order valence-corrected chi connectivity index (χ0v) is 14.4. The molecule has 0 radical (unpaired) electrons. The van der Waals surface area contributed by atoms with Crippen LogP contribution in [0.2, 0.25) is 0 Å². The van der Waals surface area contributed by atoms with E-state index in [0.29, 0.717) is 10.7 Å². The maximum absolute atomic E-state index is 5.39. The molecule has 0 bridgehead atoms. The number of halogens is 2. The SMILES string of the molecule is Cc1cc(Br)c(-n2c(C(C)C)c[nH]c2=S)c(Br)c1.